The van der Waals surface area contributed by atoms with Gasteiger partial charge in [-0.1, -0.05) is 43.7 Å². The number of carbonyl (C=O) groups excluding carboxylic acids is 1. The topological polar surface area (TPSA) is 85.8 Å². The predicted octanol–water partition coefficient (Wildman–Crippen LogP) is 2.58. The number of rotatable bonds is 5. The summed E-state index contributed by atoms with van der Waals surface area (Å²) in [7, 11) is 0. The van der Waals surface area contributed by atoms with Crippen LogP contribution < -0.4 is 11.2 Å². The van der Waals surface area contributed by atoms with Gasteiger partial charge in [0.2, 0.25) is 11.1 Å². The lowest BCUT2D eigenvalue weighted by Gasteiger charge is -2.29. The van der Waals surface area contributed by atoms with Crippen molar-refractivity contribution >= 4 is 17.7 Å². The van der Waals surface area contributed by atoms with Gasteiger partial charge in [0.15, 0.2) is 5.82 Å². The maximum Gasteiger partial charge on any atom is 0.230 e. The van der Waals surface area contributed by atoms with Crippen LogP contribution in [0.25, 0.3) is 11.4 Å². The average Bonchev–Trinajstić information content (AvgIpc) is 2.96. The average molecular weight is 363 g/mol. The van der Waals surface area contributed by atoms with E-state index in [4.69, 9.17) is 5.84 Å². The molecule has 2 aromatic rings. The molecule has 0 aliphatic heterocycles. The molecule has 3 N–H and O–H groups in total. The van der Waals surface area contributed by atoms with Crippen molar-refractivity contribution in [2.45, 2.75) is 43.8 Å². The van der Waals surface area contributed by atoms with E-state index in [0.29, 0.717) is 11.1 Å². The van der Waals surface area contributed by atoms with Crippen molar-refractivity contribution in [3.05, 3.63) is 30.1 Å². The zero-order valence-electron chi connectivity index (χ0n) is 14.1. The molecule has 1 saturated carbocycles. The Labute approximate surface area is 150 Å². The van der Waals surface area contributed by atoms with Gasteiger partial charge >= 0.3 is 0 Å². The molecule has 0 radical (unpaired) electrons. The van der Waals surface area contributed by atoms with E-state index in [0.717, 1.165) is 19.3 Å². The number of hydrogen-bond acceptors (Lipinski definition) is 5. The Morgan fingerprint density at radius 2 is 2.12 bits per heavy atom. The maximum atomic E-state index is 13.9. The van der Waals surface area contributed by atoms with Crippen molar-refractivity contribution in [2.75, 3.05) is 11.6 Å². The molecule has 0 spiro atoms. The summed E-state index contributed by atoms with van der Waals surface area (Å²) in [5.74, 6) is 6.46. The van der Waals surface area contributed by atoms with Gasteiger partial charge in [0, 0.05) is 6.04 Å². The highest BCUT2D eigenvalue weighted by atomic mass is 32.2. The number of nitrogens with two attached hydrogens (primary N) is 1. The molecule has 1 fully saturated rings. The van der Waals surface area contributed by atoms with Crippen LogP contribution in [-0.2, 0) is 4.79 Å². The Bertz CT molecular complexity index is 750. The standard InChI is InChI=1S/C17H22FN5OS/c1-11-6-2-5-9-14(11)20-15(24)10-25-17-22-21-16(23(17)19)12-7-3-4-8-13(12)18/h3-4,7-8,11,14H,2,5-6,9-10,19H2,1H3,(H,20,24)/t11-,14-/m0/s1. The fraction of sp³-hybridized carbons (Fsp3) is 0.471. The second-order valence-electron chi connectivity index (χ2n) is 6.38. The fourth-order valence-corrected chi connectivity index (χ4v) is 3.78. The van der Waals surface area contributed by atoms with E-state index in [1.165, 1.54) is 28.9 Å². The van der Waals surface area contributed by atoms with Gasteiger partial charge in [0.1, 0.15) is 5.82 Å². The van der Waals surface area contributed by atoms with Crippen molar-refractivity contribution in [1.29, 1.82) is 0 Å². The van der Waals surface area contributed by atoms with Gasteiger partial charge in [-0.25, -0.2) is 9.07 Å². The first-order valence-electron chi connectivity index (χ1n) is 8.44. The summed E-state index contributed by atoms with van der Waals surface area (Å²) < 4.78 is 15.1. The van der Waals surface area contributed by atoms with Gasteiger partial charge in [-0.15, -0.1) is 10.2 Å². The number of amides is 1. The van der Waals surface area contributed by atoms with Gasteiger partial charge in [-0.3, -0.25) is 4.79 Å². The summed E-state index contributed by atoms with van der Waals surface area (Å²) in [5, 5.41) is 11.4. The fourth-order valence-electron chi connectivity index (χ4n) is 3.11. The van der Waals surface area contributed by atoms with Gasteiger partial charge in [-0.05, 0) is 30.9 Å². The van der Waals surface area contributed by atoms with E-state index in [9.17, 15) is 9.18 Å². The van der Waals surface area contributed by atoms with Gasteiger partial charge in [-0.2, -0.15) is 0 Å². The van der Waals surface area contributed by atoms with Crippen LogP contribution in [0.5, 0.6) is 0 Å². The first-order chi connectivity index (χ1) is 12.1. The number of nitrogens with zero attached hydrogens (tertiary/aromatic N) is 3. The first kappa shape index (κ1) is 17.7. The number of halogens is 1. The molecule has 2 atom stereocenters. The zero-order valence-corrected chi connectivity index (χ0v) is 14.9. The molecule has 8 heteroatoms. The van der Waals surface area contributed by atoms with E-state index in [1.54, 1.807) is 18.2 Å². The highest BCUT2D eigenvalue weighted by molar-refractivity contribution is 7.99. The van der Waals surface area contributed by atoms with Crippen molar-refractivity contribution in [2.24, 2.45) is 5.92 Å². The molecule has 1 amide bonds. The van der Waals surface area contributed by atoms with E-state index in [-0.39, 0.29) is 29.1 Å². The van der Waals surface area contributed by atoms with Gasteiger partial charge in [0.05, 0.1) is 11.3 Å². The minimum absolute atomic E-state index is 0.0424. The molecule has 3 rings (SSSR count). The molecule has 1 aromatic carbocycles. The van der Waals surface area contributed by atoms with E-state index < -0.39 is 5.82 Å². The third kappa shape index (κ3) is 4.12. The molecule has 0 saturated heterocycles. The maximum absolute atomic E-state index is 13.9. The summed E-state index contributed by atoms with van der Waals surface area (Å²) in [6.45, 7) is 2.18. The molecule has 6 nitrogen and oxygen atoms in total. The number of hydrogen-bond donors (Lipinski definition) is 2. The largest absolute Gasteiger partial charge is 0.352 e. The second-order valence-corrected chi connectivity index (χ2v) is 7.32. The van der Waals surface area contributed by atoms with Crippen LogP contribution in [0.15, 0.2) is 29.4 Å². The lowest BCUT2D eigenvalue weighted by atomic mass is 9.86. The Morgan fingerprint density at radius 3 is 2.88 bits per heavy atom. The predicted molar refractivity (Wildman–Crippen MR) is 95.9 cm³/mol. The molecule has 0 bridgehead atoms. The monoisotopic (exact) mass is 363 g/mol. The highest BCUT2D eigenvalue weighted by Crippen LogP contribution is 2.25. The number of carbonyl (C=O) groups is 1. The molecular formula is C17H22FN5OS. The van der Waals surface area contributed by atoms with Crippen LogP contribution in [0, 0.1) is 11.7 Å². The summed E-state index contributed by atoms with van der Waals surface area (Å²) in [4.78, 5) is 12.2. The number of thioether (sulfide) groups is 1. The molecule has 1 aliphatic carbocycles. The minimum atomic E-state index is -0.415. The Morgan fingerprint density at radius 1 is 1.36 bits per heavy atom. The summed E-state index contributed by atoms with van der Waals surface area (Å²) in [6.07, 6.45) is 4.58. The Kier molecular flexibility index (Phi) is 5.57. The highest BCUT2D eigenvalue weighted by Gasteiger charge is 2.23. The molecular weight excluding hydrogens is 341 g/mol. The zero-order chi connectivity index (χ0) is 17.8. The number of benzene rings is 1. The second kappa shape index (κ2) is 7.86. The number of nitrogen functional groups attached to an aromatic ring is 1. The van der Waals surface area contributed by atoms with E-state index in [1.807, 2.05) is 0 Å². The SMILES string of the molecule is C[C@H]1CCCC[C@@H]1NC(=O)CSc1nnc(-c2ccccc2F)n1N. The molecule has 1 aromatic heterocycles. The number of aromatic nitrogens is 3. The van der Waals surface area contributed by atoms with Crippen LogP contribution in [0.3, 0.4) is 0 Å². The summed E-state index contributed by atoms with van der Waals surface area (Å²) in [6, 6.07) is 6.48. The van der Waals surface area contributed by atoms with Crippen molar-refractivity contribution in [3.8, 4) is 11.4 Å². The molecule has 134 valence electrons. The minimum Gasteiger partial charge on any atom is -0.352 e. The molecule has 0 unspecified atom stereocenters. The molecule has 1 heterocycles. The van der Waals surface area contributed by atoms with E-state index >= 15 is 0 Å². The van der Waals surface area contributed by atoms with Crippen LogP contribution in [-0.4, -0.2) is 32.6 Å². The van der Waals surface area contributed by atoms with Crippen molar-refractivity contribution in [3.63, 3.8) is 0 Å². The first-order valence-corrected chi connectivity index (χ1v) is 9.42. The molecule has 1 aliphatic rings. The lowest BCUT2D eigenvalue weighted by Crippen LogP contribution is -2.41. The van der Waals surface area contributed by atoms with Crippen molar-refractivity contribution < 1.29 is 9.18 Å². The van der Waals surface area contributed by atoms with E-state index in [2.05, 4.69) is 22.4 Å². The normalized spacial score (nSPS) is 20.4. The molecule has 25 heavy (non-hydrogen) atoms. The van der Waals surface area contributed by atoms with Crippen molar-refractivity contribution in [1.82, 2.24) is 20.2 Å². The van der Waals surface area contributed by atoms with Crippen LogP contribution in [0.1, 0.15) is 32.6 Å². The number of nitrogens with one attached hydrogen (secondary N) is 1. The van der Waals surface area contributed by atoms with Crippen LogP contribution in [0.4, 0.5) is 4.39 Å². The lowest BCUT2D eigenvalue weighted by molar-refractivity contribution is -0.119. The van der Waals surface area contributed by atoms with Gasteiger partial charge in [0.25, 0.3) is 0 Å². The van der Waals surface area contributed by atoms with Crippen LogP contribution in [0.2, 0.25) is 0 Å². The summed E-state index contributed by atoms with van der Waals surface area (Å²) in [5.41, 5.74) is 0.282. The Balaban J connectivity index is 1.60. The Hall–Kier alpha value is -2.09. The van der Waals surface area contributed by atoms with Gasteiger partial charge < -0.3 is 11.2 Å². The quantitative estimate of drug-likeness (QED) is 0.630. The smallest absolute Gasteiger partial charge is 0.230 e. The third-order valence-corrected chi connectivity index (χ3v) is 5.51. The third-order valence-electron chi connectivity index (χ3n) is 4.57. The summed E-state index contributed by atoms with van der Waals surface area (Å²) >= 11 is 1.20. The van der Waals surface area contributed by atoms with Crippen LogP contribution >= 0.6 is 11.8 Å².